The van der Waals surface area contributed by atoms with Crippen LogP contribution < -0.4 is 4.90 Å². The first-order chi connectivity index (χ1) is 10.2. The molecule has 1 fully saturated rings. The zero-order chi connectivity index (χ0) is 15.2. The Morgan fingerprint density at radius 1 is 1.48 bits per heavy atom. The van der Waals surface area contributed by atoms with E-state index in [1.54, 1.807) is 12.1 Å². The van der Waals surface area contributed by atoms with Crippen molar-refractivity contribution < 1.29 is 15.0 Å². The summed E-state index contributed by atoms with van der Waals surface area (Å²) in [5.41, 5.74) is 1.16. The van der Waals surface area contributed by atoms with Crippen LogP contribution >= 0.6 is 0 Å². The first-order valence-corrected chi connectivity index (χ1v) is 7.77. The fraction of sp³-hybridized carbons (Fsp3) is 0.625. The van der Waals surface area contributed by atoms with E-state index in [0.29, 0.717) is 11.6 Å². The number of aliphatic hydroxyl groups excluding tert-OH is 1. The van der Waals surface area contributed by atoms with Crippen LogP contribution in [-0.4, -0.2) is 40.4 Å². The van der Waals surface area contributed by atoms with Crippen molar-refractivity contribution in [3.05, 3.63) is 23.4 Å². The number of aromatic carboxylic acids is 1. The van der Waals surface area contributed by atoms with Gasteiger partial charge in [0.1, 0.15) is 5.82 Å². The standard InChI is InChI=1S/C16H24N2O3/c1-2-5-13-10-12(16(20)21)11-15(17-13)18-8-3-6-14(18)7-4-9-19/h10-11,14,19H,2-9H2,1H3,(H,20,21). The van der Waals surface area contributed by atoms with Gasteiger partial charge in [0.2, 0.25) is 0 Å². The number of aromatic nitrogens is 1. The minimum Gasteiger partial charge on any atom is -0.478 e. The van der Waals surface area contributed by atoms with Crippen LogP contribution in [0.2, 0.25) is 0 Å². The predicted octanol–water partition coefficient (Wildman–Crippen LogP) is 2.47. The Morgan fingerprint density at radius 2 is 2.29 bits per heavy atom. The van der Waals surface area contributed by atoms with Crippen LogP contribution in [0.4, 0.5) is 5.82 Å². The fourth-order valence-corrected chi connectivity index (χ4v) is 2.99. The minimum absolute atomic E-state index is 0.202. The van der Waals surface area contributed by atoms with Gasteiger partial charge in [-0.1, -0.05) is 13.3 Å². The van der Waals surface area contributed by atoms with Gasteiger partial charge < -0.3 is 15.1 Å². The summed E-state index contributed by atoms with van der Waals surface area (Å²) in [5, 5.41) is 18.3. The summed E-state index contributed by atoms with van der Waals surface area (Å²) < 4.78 is 0. The molecule has 2 rings (SSSR count). The number of carboxylic acids is 1. The monoisotopic (exact) mass is 292 g/mol. The number of aryl methyl sites for hydroxylation is 1. The topological polar surface area (TPSA) is 73.7 Å². The first-order valence-electron chi connectivity index (χ1n) is 7.77. The van der Waals surface area contributed by atoms with Gasteiger partial charge in [-0.15, -0.1) is 0 Å². The Hall–Kier alpha value is -1.62. The Morgan fingerprint density at radius 3 is 2.95 bits per heavy atom. The van der Waals surface area contributed by atoms with Crippen molar-refractivity contribution in [1.29, 1.82) is 0 Å². The maximum Gasteiger partial charge on any atom is 0.335 e. The van der Waals surface area contributed by atoms with Crippen LogP contribution in [0.1, 0.15) is 55.1 Å². The molecule has 0 aliphatic carbocycles. The second kappa shape index (κ2) is 7.41. The third kappa shape index (κ3) is 3.94. The molecule has 2 heterocycles. The van der Waals surface area contributed by atoms with Gasteiger partial charge in [0.25, 0.3) is 0 Å². The van der Waals surface area contributed by atoms with Gasteiger partial charge in [-0.3, -0.25) is 0 Å². The molecule has 0 radical (unpaired) electrons. The molecule has 0 spiro atoms. The molecule has 1 atom stereocenters. The van der Waals surface area contributed by atoms with E-state index in [9.17, 15) is 9.90 Å². The lowest BCUT2D eigenvalue weighted by Gasteiger charge is -2.26. The molecular weight excluding hydrogens is 268 g/mol. The number of hydrogen-bond acceptors (Lipinski definition) is 4. The number of hydrogen-bond donors (Lipinski definition) is 2. The molecule has 0 bridgehead atoms. The molecule has 0 saturated carbocycles. The van der Waals surface area contributed by atoms with Crippen molar-refractivity contribution >= 4 is 11.8 Å². The van der Waals surface area contributed by atoms with E-state index < -0.39 is 5.97 Å². The Balaban J connectivity index is 2.26. The van der Waals surface area contributed by atoms with Crippen molar-refractivity contribution in [2.45, 2.75) is 51.5 Å². The molecule has 1 saturated heterocycles. The number of carboxylic acid groups (broad SMARTS) is 1. The molecule has 1 unspecified atom stereocenters. The molecule has 1 aliphatic rings. The van der Waals surface area contributed by atoms with Gasteiger partial charge in [0.05, 0.1) is 5.56 Å². The summed E-state index contributed by atoms with van der Waals surface area (Å²) >= 11 is 0. The number of nitrogens with zero attached hydrogens (tertiary/aromatic N) is 2. The van der Waals surface area contributed by atoms with Crippen LogP contribution in [0.5, 0.6) is 0 Å². The molecular formula is C16H24N2O3. The summed E-state index contributed by atoms with van der Waals surface area (Å²) in [6.45, 7) is 3.18. The lowest BCUT2D eigenvalue weighted by Crippen LogP contribution is -2.30. The fourth-order valence-electron chi connectivity index (χ4n) is 2.99. The molecule has 0 aromatic carbocycles. The lowest BCUT2D eigenvalue weighted by molar-refractivity contribution is 0.0696. The summed E-state index contributed by atoms with van der Waals surface area (Å²) in [7, 11) is 0. The van der Waals surface area contributed by atoms with E-state index in [0.717, 1.165) is 56.6 Å². The van der Waals surface area contributed by atoms with E-state index in [-0.39, 0.29) is 6.61 Å². The van der Waals surface area contributed by atoms with Gasteiger partial charge in [0, 0.05) is 24.9 Å². The van der Waals surface area contributed by atoms with E-state index in [4.69, 9.17) is 5.11 Å². The molecule has 1 aliphatic heterocycles. The molecule has 5 heteroatoms. The van der Waals surface area contributed by atoms with Crippen LogP contribution in [-0.2, 0) is 6.42 Å². The van der Waals surface area contributed by atoms with E-state index in [1.807, 2.05) is 0 Å². The number of carbonyl (C=O) groups is 1. The highest BCUT2D eigenvalue weighted by Crippen LogP contribution is 2.28. The Bertz CT molecular complexity index is 490. The third-order valence-electron chi connectivity index (χ3n) is 3.98. The van der Waals surface area contributed by atoms with E-state index in [2.05, 4.69) is 16.8 Å². The molecule has 1 aromatic rings. The van der Waals surface area contributed by atoms with Crippen LogP contribution in [0.25, 0.3) is 0 Å². The van der Waals surface area contributed by atoms with Gasteiger partial charge >= 0.3 is 5.97 Å². The van der Waals surface area contributed by atoms with Crippen LogP contribution in [0.15, 0.2) is 12.1 Å². The normalized spacial score (nSPS) is 18.2. The Labute approximate surface area is 125 Å². The molecule has 21 heavy (non-hydrogen) atoms. The average molecular weight is 292 g/mol. The van der Waals surface area contributed by atoms with Crippen molar-refractivity contribution in [1.82, 2.24) is 4.98 Å². The maximum absolute atomic E-state index is 11.3. The zero-order valence-corrected chi connectivity index (χ0v) is 12.6. The highest BCUT2D eigenvalue weighted by Gasteiger charge is 2.26. The molecule has 2 N–H and O–H groups in total. The predicted molar refractivity (Wildman–Crippen MR) is 81.9 cm³/mol. The maximum atomic E-state index is 11.3. The summed E-state index contributed by atoms with van der Waals surface area (Å²) in [4.78, 5) is 18.2. The number of anilines is 1. The van der Waals surface area contributed by atoms with Crippen LogP contribution in [0, 0.1) is 0 Å². The molecule has 116 valence electrons. The second-order valence-corrected chi connectivity index (χ2v) is 5.62. The number of rotatable bonds is 7. The summed E-state index contributed by atoms with van der Waals surface area (Å²) in [5.74, 6) is -0.124. The highest BCUT2D eigenvalue weighted by atomic mass is 16.4. The molecule has 5 nitrogen and oxygen atoms in total. The highest BCUT2D eigenvalue weighted by molar-refractivity contribution is 5.88. The summed E-state index contributed by atoms with van der Waals surface area (Å²) in [6.07, 6.45) is 5.63. The third-order valence-corrected chi connectivity index (χ3v) is 3.98. The average Bonchev–Trinajstić information content (AvgIpc) is 2.93. The molecule has 1 aromatic heterocycles. The lowest BCUT2D eigenvalue weighted by atomic mass is 10.1. The van der Waals surface area contributed by atoms with Gasteiger partial charge in [-0.2, -0.15) is 0 Å². The van der Waals surface area contributed by atoms with Crippen LogP contribution in [0.3, 0.4) is 0 Å². The van der Waals surface area contributed by atoms with Gasteiger partial charge in [-0.05, 0) is 44.2 Å². The Kier molecular flexibility index (Phi) is 5.56. The number of aliphatic hydroxyl groups is 1. The number of pyridine rings is 1. The zero-order valence-electron chi connectivity index (χ0n) is 12.6. The smallest absolute Gasteiger partial charge is 0.335 e. The molecule has 0 amide bonds. The summed E-state index contributed by atoms with van der Waals surface area (Å²) in [6, 6.07) is 3.72. The largest absolute Gasteiger partial charge is 0.478 e. The van der Waals surface area contributed by atoms with Crippen molar-refractivity contribution in [3.8, 4) is 0 Å². The van der Waals surface area contributed by atoms with Crippen molar-refractivity contribution in [3.63, 3.8) is 0 Å². The van der Waals surface area contributed by atoms with Crippen molar-refractivity contribution in [2.24, 2.45) is 0 Å². The van der Waals surface area contributed by atoms with E-state index >= 15 is 0 Å². The van der Waals surface area contributed by atoms with Gasteiger partial charge in [-0.25, -0.2) is 9.78 Å². The van der Waals surface area contributed by atoms with Crippen molar-refractivity contribution in [2.75, 3.05) is 18.1 Å². The SMILES string of the molecule is CCCc1cc(C(=O)O)cc(N2CCCC2CCCO)n1. The van der Waals surface area contributed by atoms with Gasteiger partial charge in [0.15, 0.2) is 0 Å². The minimum atomic E-state index is -0.901. The second-order valence-electron chi connectivity index (χ2n) is 5.62. The first kappa shape index (κ1) is 15.8. The van der Waals surface area contributed by atoms with E-state index in [1.165, 1.54) is 0 Å². The quantitative estimate of drug-likeness (QED) is 0.807.